The summed E-state index contributed by atoms with van der Waals surface area (Å²) < 4.78 is 1.74. The molecule has 0 atom stereocenters. The quantitative estimate of drug-likeness (QED) is 0.566. The molecule has 2 heterocycles. The van der Waals surface area contributed by atoms with E-state index in [0.29, 0.717) is 28.5 Å². The van der Waals surface area contributed by atoms with Crippen LogP contribution in [0.3, 0.4) is 0 Å². The average molecular weight is 365 g/mol. The molecule has 6 nitrogen and oxygen atoms in total. The van der Waals surface area contributed by atoms with E-state index in [0.717, 1.165) is 18.5 Å². The van der Waals surface area contributed by atoms with Crippen molar-refractivity contribution >= 4 is 28.6 Å². The second-order valence-corrected chi connectivity index (χ2v) is 6.30. The van der Waals surface area contributed by atoms with Gasteiger partial charge in [0.2, 0.25) is 0 Å². The zero-order valence-electron chi connectivity index (χ0n) is 14.0. The maximum Gasteiger partial charge on any atom is 0.184 e. The van der Waals surface area contributed by atoms with Crippen LogP contribution in [-0.2, 0) is 13.0 Å². The maximum atomic E-state index is 6.24. The number of nitrogens with zero attached hydrogens (tertiary/aromatic N) is 5. The highest BCUT2D eigenvalue weighted by atomic mass is 35.5. The predicted octanol–water partition coefficient (Wildman–Crippen LogP) is 3.58. The fourth-order valence-electron chi connectivity index (χ4n) is 2.79. The molecule has 0 fully saturated rings. The van der Waals surface area contributed by atoms with Crippen LogP contribution in [0.1, 0.15) is 11.1 Å². The Labute approximate surface area is 155 Å². The molecule has 7 heteroatoms. The zero-order chi connectivity index (χ0) is 17.8. The lowest BCUT2D eigenvalue weighted by molar-refractivity contribution is 0.664. The number of fused-ring (bicyclic) bond motifs is 1. The Kier molecular flexibility index (Phi) is 4.75. The van der Waals surface area contributed by atoms with Crippen LogP contribution in [0.25, 0.3) is 11.2 Å². The van der Waals surface area contributed by atoms with Crippen LogP contribution in [0.5, 0.6) is 0 Å². The Hall–Kier alpha value is -2.99. The molecule has 0 bridgehead atoms. The van der Waals surface area contributed by atoms with Gasteiger partial charge in [0.05, 0.1) is 6.54 Å². The molecule has 2 aromatic carbocycles. The highest BCUT2D eigenvalue weighted by Crippen LogP contribution is 2.20. The van der Waals surface area contributed by atoms with Crippen molar-refractivity contribution in [2.45, 2.75) is 13.0 Å². The first-order valence-electron chi connectivity index (χ1n) is 8.36. The van der Waals surface area contributed by atoms with Crippen LogP contribution in [0.15, 0.2) is 60.9 Å². The highest BCUT2D eigenvalue weighted by molar-refractivity contribution is 6.31. The molecule has 4 aromatic rings. The van der Waals surface area contributed by atoms with Crippen LogP contribution in [0.2, 0.25) is 5.02 Å². The summed E-state index contributed by atoms with van der Waals surface area (Å²) in [4.78, 5) is 8.65. The van der Waals surface area contributed by atoms with E-state index in [1.165, 1.54) is 11.9 Å². The van der Waals surface area contributed by atoms with Gasteiger partial charge in [0.15, 0.2) is 17.0 Å². The molecular weight excluding hydrogens is 348 g/mol. The summed E-state index contributed by atoms with van der Waals surface area (Å²) in [7, 11) is 0. The summed E-state index contributed by atoms with van der Waals surface area (Å²) >= 11 is 6.24. The minimum atomic E-state index is 0.511. The number of anilines is 1. The number of hydrogen-bond acceptors (Lipinski definition) is 5. The molecule has 0 spiro atoms. The first-order chi connectivity index (χ1) is 12.8. The van der Waals surface area contributed by atoms with E-state index in [4.69, 9.17) is 11.6 Å². The third-order valence-corrected chi connectivity index (χ3v) is 4.50. The zero-order valence-corrected chi connectivity index (χ0v) is 14.8. The Bertz CT molecular complexity index is 1010. The van der Waals surface area contributed by atoms with Crippen molar-refractivity contribution < 1.29 is 0 Å². The summed E-state index contributed by atoms with van der Waals surface area (Å²) in [5, 5.41) is 12.5. The van der Waals surface area contributed by atoms with Gasteiger partial charge in [-0.15, -0.1) is 5.10 Å². The molecule has 2 aromatic heterocycles. The predicted molar refractivity (Wildman–Crippen MR) is 102 cm³/mol. The van der Waals surface area contributed by atoms with Crippen molar-refractivity contribution in [2.75, 3.05) is 11.9 Å². The topological polar surface area (TPSA) is 68.5 Å². The van der Waals surface area contributed by atoms with Gasteiger partial charge in [-0.1, -0.05) is 65.3 Å². The van der Waals surface area contributed by atoms with Crippen LogP contribution < -0.4 is 5.32 Å². The number of nitrogens with one attached hydrogen (secondary N) is 1. The number of hydrogen-bond donors (Lipinski definition) is 1. The summed E-state index contributed by atoms with van der Waals surface area (Å²) in [6, 6.07) is 18.0. The Morgan fingerprint density at radius 3 is 2.62 bits per heavy atom. The largest absolute Gasteiger partial charge is 0.368 e. The fraction of sp³-hybridized carbons (Fsp3) is 0.158. The van der Waals surface area contributed by atoms with Gasteiger partial charge in [0.25, 0.3) is 0 Å². The molecule has 0 aliphatic carbocycles. The molecule has 130 valence electrons. The van der Waals surface area contributed by atoms with Gasteiger partial charge in [-0.3, -0.25) is 0 Å². The van der Waals surface area contributed by atoms with E-state index in [-0.39, 0.29) is 0 Å². The van der Waals surface area contributed by atoms with Gasteiger partial charge >= 0.3 is 0 Å². The molecule has 0 aliphatic rings. The molecule has 4 rings (SSSR count). The molecule has 0 aliphatic heterocycles. The lowest BCUT2D eigenvalue weighted by atomic mass is 10.1. The number of halogens is 1. The molecule has 26 heavy (non-hydrogen) atoms. The summed E-state index contributed by atoms with van der Waals surface area (Å²) in [6.45, 7) is 1.27. The van der Waals surface area contributed by atoms with Crippen molar-refractivity contribution in [1.29, 1.82) is 0 Å². The first kappa shape index (κ1) is 16.5. The molecule has 1 N–H and O–H groups in total. The third kappa shape index (κ3) is 3.50. The van der Waals surface area contributed by atoms with Gasteiger partial charge in [-0.05, 0) is 23.6 Å². The second-order valence-electron chi connectivity index (χ2n) is 5.90. The van der Waals surface area contributed by atoms with Crippen LogP contribution in [0.4, 0.5) is 5.82 Å². The van der Waals surface area contributed by atoms with Crippen molar-refractivity contribution in [2.24, 2.45) is 0 Å². The van der Waals surface area contributed by atoms with Gasteiger partial charge in [0.1, 0.15) is 6.33 Å². The SMILES string of the molecule is Clc1ccccc1Cn1nnc2c(NCCc3ccccc3)ncnc21. The third-order valence-electron chi connectivity index (χ3n) is 4.13. The van der Waals surface area contributed by atoms with E-state index in [1.54, 1.807) is 4.68 Å². The molecule has 0 unspecified atom stereocenters. The van der Waals surface area contributed by atoms with Crippen molar-refractivity contribution in [3.63, 3.8) is 0 Å². The molecular formula is C19H17ClN6. The van der Waals surface area contributed by atoms with Crippen LogP contribution >= 0.6 is 11.6 Å². The maximum absolute atomic E-state index is 6.24. The lowest BCUT2D eigenvalue weighted by Gasteiger charge is -2.06. The summed E-state index contributed by atoms with van der Waals surface area (Å²) in [6.07, 6.45) is 2.43. The fourth-order valence-corrected chi connectivity index (χ4v) is 2.98. The van der Waals surface area contributed by atoms with E-state index >= 15 is 0 Å². The van der Waals surface area contributed by atoms with Crippen molar-refractivity contribution in [1.82, 2.24) is 25.0 Å². The standard InChI is InChI=1S/C19H17ClN6/c20-16-9-5-4-8-15(16)12-26-19-17(24-25-26)18(22-13-23-19)21-11-10-14-6-2-1-3-7-14/h1-9,13H,10-12H2,(H,21,22,23). The number of benzene rings is 2. The Balaban J connectivity index is 1.52. The highest BCUT2D eigenvalue weighted by Gasteiger charge is 2.12. The van der Waals surface area contributed by atoms with E-state index < -0.39 is 0 Å². The van der Waals surface area contributed by atoms with E-state index in [9.17, 15) is 0 Å². The smallest absolute Gasteiger partial charge is 0.184 e. The Morgan fingerprint density at radius 1 is 0.962 bits per heavy atom. The van der Waals surface area contributed by atoms with E-state index in [2.05, 4.69) is 37.7 Å². The van der Waals surface area contributed by atoms with Crippen molar-refractivity contribution in [3.05, 3.63) is 77.1 Å². The number of aromatic nitrogens is 5. The molecule has 0 saturated heterocycles. The minimum Gasteiger partial charge on any atom is -0.368 e. The van der Waals surface area contributed by atoms with Gasteiger partial charge in [-0.2, -0.15) is 0 Å². The monoisotopic (exact) mass is 364 g/mol. The molecule has 0 radical (unpaired) electrons. The second kappa shape index (κ2) is 7.49. The molecule has 0 amide bonds. The summed E-state index contributed by atoms with van der Waals surface area (Å²) in [5.74, 6) is 0.691. The first-order valence-corrected chi connectivity index (χ1v) is 8.74. The molecule has 0 saturated carbocycles. The van der Waals surface area contributed by atoms with Gasteiger partial charge in [-0.25, -0.2) is 14.6 Å². The Morgan fingerprint density at radius 2 is 1.77 bits per heavy atom. The van der Waals surface area contributed by atoms with Crippen LogP contribution in [0, 0.1) is 0 Å². The normalized spacial score (nSPS) is 11.0. The minimum absolute atomic E-state index is 0.511. The van der Waals surface area contributed by atoms with Crippen molar-refractivity contribution in [3.8, 4) is 0 Å². The average Bonchev–Trinajstić information content (AvgIpc) is 3.08. The summed E-state index contributed by atoms with van der Waals surface area (Å²) in [5.41, 5.74) is 3.58. The van der Waals surface area contributed by atoms with E-state index in [1.807, 2.05) is 42.5 Å². The van der Waals surface area contributed by atoms with Gasteiger partial charge in [0, 0.05) is 11.6 Å². The van der Waals surface area contributed by atoms with Crippen LogP contribution in [-0.4, -0.2) is 31.5 Å². The number of rotatable bonds is 6. The lowest BCUT2D eigenvalue weighted by Crippen LogP contribution is -2.07. The van der Waals surface area contributed by atoms with Gasteiger partial charge < -0.3 is 5.32 Å².